The van der Waals surface area contributed by atoms with Crippen LogP contribution in [-0.4, -0.2) is 11.2 Å². The molecule has 0 aliphatic carbocycles. The highest BCUT2D eigenvalue weighted by Gasteiger charge is 2.38. The van der Waals surface area contributed by atoms with Gasteiger partial charge in [0, 0.05) is 24.5 Å². The summed E-state index contributed by atoms with van der Waals surface area (Å²) >= 11 is 0. The lowest BCUT2D eigenvalue weighted by Crippen LogP contribution is -2.40. The van der Waals surface area contributed by atoms with E-state index in [-0.39, 0.29) is 5.82 Å². The highest BCUT2D eigenvalue weighted by Crippen LogP contribution is 2.40. The lowest BCUT2D eigenvalue weighted by Gasteiger charge is -2.41. The summed E-state index contributed by atoms with van der Waals surface area (Å²) < 4.78 is 14.8. The molecule has 0 saturated carbocycles. The van der Waals surface area contributed by atoms with Crippen molar-refractivity contribution >= 4 is 6.21 Å². The van der Waals surface area contributed by atoms with Gasteiger partial charge in [0.2, 0.25) is 0 Å². The Balaban J connectivity index is 0.000000401. The third-order valence-corrected chi connectivity index (χ3v) is 8.67. The van der Waals surface area contributed by atoms with E-state index in [9.17, 15) is 4.39 Å². The predicted octanol–water partition coefficient (Wildman–Crippen LogP) is 11.8. The van der Waals surface area contributed by atoms with E-state index < -0.39 is 5.54 Å². The molecular formula is C43H62FN3. The molecule has 256 valence electrons. The molecule has 0 heterocycles. The summed E-state index contributed by atoms with van der Waals surface area (Å²) in [4.78, 5) is 0. The van der Waals surface area contributed by atoms with Crippen LogP contribution in [0, 0.1) is 39.4 Å². The van der Waals surface area contributed by atoms with E-state index in [2.05, 4.69) is 102 Å². The van der Waals surface area contributed by atoms with Crippen LogP contribution in [0.15, 0.2) is 104 Å². The Labute approximate surface area is 287 Å². The Morgan fingerprint density at radius 3 is 1.98 bits per heavy atom. The molecule has 47 heavy (non-hydrogen) atoms. The average molecular weight is 640 g/mol. The van der Waals surface area contributed by atoms with Gasteiger partial charge in [-0.1, -0.05) is 118 Å². The van der Waals surface area contributed by atoms with Crippen LogP contribution in [-0.2, 0) is 18.5 Å². The second kappa shape index (κ2) is 22.7. The van der Waals surface area contributed by atoms with Gasteiger partial charge in [-0.15, -0.1) is 13.2 Å². The van der Waals surface area contributed by atoms with Crippen LogP contribution < -0.4 is 5.73 Å². The fourth-order valence-electron chi connectivity index (χ4n) is 5.58. The first-order chi connectivity index (χ1) is 22.5. The summed E-state index contributed by atoms with van der Waals surface area (Å²) in [5.41, 5.74) is 13.0. The van der Waals surface area contributed by atoms with Crippen molar-refractivity contribution in [2.45, 2.75) is 112 Å². The van der Waals surface area contributed by atoms with E-state index in [1.165, 1.54) is 59.9 Å². The molecule has 0 spiro atoms. The third-order valence-electron chi connectivity index (χ3n) is 8.67. The second-order valence-electron chi connectivity index (χ2n) is 12.4. The minimum absolute atomic E-state index is 0.249. The summed E-state index contributed by atoms with van der Waals surface area (Å²) in [6.45, 7) is 26.9. The molecule has 3 rings (SSSR count). The lowest BCUT2D eigenvalue weighted by atomic mass is 9.78. The van der Waals surface area contributed by atoms with E-state index in [1.54, 1.807) is 29.6 Å². The van der Waals surface area contributed by atoms with Crippen LogP contribution in [0.2, 0.25) is 0 Å². The maximum atomic E-state index is 14.8. The third kappa shape index (κ3) is 13.9. The molecule has 2 unspecified atom stereocenters. The number of aryl methyl sites for hydroxylation is 5. The highest BCUT2D eigenvalue weighted by molar-refractivity contribution is 5.53. The van der Waals surface area contributed by atoms with Gasteiger partial charge in [-0.2, -0.15) is 5.10 Å². The number of unbranched alkanes of at least 4 members (excludes halogenated alkanes) is 3. The smallest absolute Gasteiger partial charge is 0.129 e. The van der Waals surface area contributed by atoms with Crippen LogP contribution in [0.1, 0.15) is 105 Å². The van der Waals surface area contributed by atoms with Gasteiger partial charge in [-0.3, -0.25) is 5.01 Å². The van der Waals surface area contributed by atoms with Gasteiger partial charge >= 0.3 is 0 Å². The van der Waals surface area contributed by atoms with Gasteiger partial charge in [0.1, 0.15) is 11.4 Å². The zero-order chi connectivity index (χ0) is 35.2. The molecule has 3 aromatic rings. The monoisotopic (exact) mass is 639 g/mol. The van der Waals surface area contributed by atoms with Gasteiger partial charge in [-0.25, -0.2) is 4.39 Å². The molecule has 4 heteroatoms. The normalized spacial score (nSPS) is 12.5. The van der Waals surface area contributed by atoms with E-state index in [4.69, 9.17) is 5.73 Å². The van der Waals surface area contributed by atoms with E-state index in [0.717, 1.165) is 18.4 Å². The van der Waals surface area contributed by atoms with Crippen LogP contribution in [0.25, 0.3) is 0 Å². The molecule has 3 aromatic carbocycles. The Morgan fingerprint density at radius 1 is 0.851 bits per heavy atom. The second-order valence-corrected chi connectivity index (χ2v) is 12.4. The van der Waals surface area contributed by atoms with Crippen molar-refractivity contribution in [1.82, 2.24) is 5.01 Å². The number of rotatable bonds is 16. The topological polar surface area (TPSA) is 41.6 Å². The molecular weight excluding hydrogens is 577 g/mol. The fraction of sp³-hybridized carbons (Fsp3) is 0.419. The Hall–Kier alpha value is -3.76. The van der Waals surface area contributed by atoms with Crippen LogP contribution in [0.4, 0.5) is 4.39 Å². The summed E-state index contributed by atoms with van der Waals surface area (Å²) in [6.07, 6.45) is 16.1. The molecule has 2 N–H and O–H groups in total. The summed E-state index contributed by atoms with van der Waals surface area (Å²) in [7, 11) is 0. The van der Waals surface area contributed by atoms with Crippen molar-refractivity contribution < 1.29 is 4.39 Å². The van der Waals surface area contributed by atoms with Crippen molar-refractivity contribution in [3.05, 3.63) is 144 Å². The van der Waals surface area contributed by atoms with E-state index in [0.29, 0.717) is 24.4 Å². The molecule has 0 saturated heterocycles. The number of hydrogen-bond acceptors (Lipinski definition) is 3. The van der Waals surface area contributed by atoms with Gasteiger partial charge < -0.3 is 5.73 Å². The molecule has 0 fully saturated rings. The molecule has 2 atom stereocenters. The molecule has 0 radical (unpaired) electrons. The van der Waals surface area contributed by atoms with Gasteiger partial charge in [0.15, 0.2) is 0 Å². The summed E-state index contributed by atoms with van der Waals surface area (Å²) in [6, 6.07) is 20.5. The van der Waals surface area contributed by atoms with Gasteiger partial charge in [0.25, 0.3) is 0 Å². The Bertz CT molecular complexity index is 1370. The minimum atomic E-state index is -0.782. The van der Waals surface area contributed by atoms with Gasteiger partial charge in [0.05, 0.1) is 0 Å². The van der Waals surface area contributed by atoms with Crippen LogP contribution >= 0.6 is 0 Å². The first-order valence-corrected chi connectivity index (χ1v) is 17.3. The van der Waals surface area contributed by atoms with E-state index in [1.807, 2.05) is 32.1 Å². The van der Waals surface area contributed by atoms with Crippen molar-refractivity contribution in [1.29, 1.82) is 0 Å². The average Bonchev–Trinajstić information content (AvgIpc) is 3.07. The zero-order valence-electron chi connectivity index (χ0n) is 30.5. The largest absolute Gasteiger partial charge is 0.326 e. The minimum Gasteiger partial charge on any atom is -0.326 e. The fourth-order valence-corrected chi connectivity index (χ4v) is 5.58. The lowest BCUT2D eigenvalue weighted by molar-refractivity contribution is 0.158. The number of hydrazone groups is 1. The quantitative estimate of drug-likeness (QED) is 0.0733. The van der Waals surface area contributed by atoms with Crippen LogP contribution in [0.3, 0.4) is 0 Å². The van der Waals surface area contributed by atoms with E-state index >= 15 is 0 Å². The maximum absolute atomic E-state index is 14.8. The molecule has 0 amide bonds. The van der Waals surface area contributed by atoms with Crippen molar-refractivity contribution in [3.8, 4) is 0 Å². The highest BCUT2D eigenvalue weighted by atomic mass is 19.1. The molecule has 3 nitrogen and oxygen atoms in total. The molecule has 0 aliphatic heterocycles. The number of benzene rings is 3. The SMILES string of the molecule is C=CCC(CC)CC(C=C)(c1ccc(C)cc1F)N(C=C)/N=C\C.CCCCCCc1ccc(CN)cc1.Cc1ccc(C)c(C)c1. The number of nitrogens with zero attached hydrogens (tertiary/aromatic N) is 2. The molecule has 0 aromatic heterocycles. The molecule has 0 aliphatic rings. The van der Waals surface area contributed by atoms with Crippen LogP contribution in [0.5, 0.6) is 0 Å². The van der Waals surface area contributed by atoms with Crippen molar-refractivity contribution in [3.63, 3.8) is 0 Å². The van der Waals surface area contributed by atoms with Crippen molar-refractivity contribution in [2.75, 3.05) is 0 Å². The maximum Gasteiger partial charge on any atom is 0.129 e. The molecule has 0 bridgehead atoms. The van der Waals surface area contributed by atoms with Gasteiger partial charge in [-0.05, 0) is 100 Å². The summed E-state index contributed by atoms with van der Waals surface area (Å²) in [5, 5.41) is 6.11. The zero-order valence-corrected chi connectivity index (χ0v) is 30.5. The number of allylic oxidation sites excluding steroid dienone is 1. The summed E-state index contributed by atoms with van der Waals surface area (Å²) in [5.74, 6) is 0.0946. The predicted molar refractivity (Wildman–Crippen MR) is 205 cm³/mol. The number of hydrogen-bond donors (Lipinski definition) is 1. The number of nitrogens with two attached hydrogens (primary N) is 1. The Kier molecular flexibility index (Phi) is 19.9. The standard InChI is InChI=1S/C21H29FN2.C13H21N.C9H12/c1-7-12-18(8-2)16-21(9-3,24(11-5)23-10-4)19-14-13-17(6)15-20(19)22;1-2-3-4-5-6-12-7-9-13(11-14)10-8-12;1-7-4-5-8(2)9(3)6-7/h7,9-11,13-15,18H,1,3,5,8,12,16H2,2,4,6H3;7-10H,2-6,11,14H2,1H3;4-6H,1-3H3/b23-10-;;. The first kappa shape index (κ1) is 41.3. The first-order valence-electron chi connectivity index (χ1n) is 17.3. The van der Waals surface area contributed by atoms with Crippen molar-refractivity contribution in [2.24, 2.45) is 16.8 Å². The number of halogens is 1. The Morgan fingerprint density at radius 2 is 1.49 bits per heavy atom.